The number of pyridine rings is 1. The molecule has 2 aromatic rings. The fourth-order valence-electron chi connectivity index (χ4n) is 4.31. The number of anilines is 1. The van der Waals surface area contributed by atoms with Gasteiger partial charge in [0.15, 0.2) is 0 Å². The molecule has 2 unspecified atom stereocenters. The maximum Gasteiger partial charge on any atom is 0.275 e. The first kappa shape index (κ1) is 18.5. The maximum absolute atomic E-state index is 12.8. The molecule has 148 valence electrons. The standard InChI is InChI=1S/C20H22N3O5/c1-28-16-4-2-13(3-5-16)9-19(24)21-10-14-8-15(12-21)17-6-7-18(23(26)27)20(25)22(17)11-14/h2-7,14-15,26H,8-12H2,1H3/q-1. The minimum atomic E-state index is -0.484. The molecule has 8 heteroatoms. The molecular formula is C20H22N3O5-. The van der Waals surface area contributed by atoms with Gasteiger partial charge in [-0.3, -0.25) is 14.8 Å². The Morgan fingerprint density at radius 2 is 1.96 bits per heavy atom. The van der Waals surface area contributed by atoms with Crippen LogP contribution < -0.4 is 15.5 Å². The largest absolute Gasteiger partial charge is 0.733 e. The molecule has 1 aromatic heterocycles. The number of hydrogen-bond donors (Lipinski definition) is 1. The zero-order valence-corrected chi connectivity index (χ0v) is 15.6. The van der Waals surface area contributed by atoms with Gasteiger partial charge in [0.2, 0.25) is 5.91 Å². The Kier molecular flexibility index (Phi) is 4.82. The summed E-state index contributed by atoms with van der Waals surface area (Å²) in [5.74, 6) is 1.02. The number of likely N-dealkylation sites (tertiary alicyclic amines) is 1. The Morgan fingerprint density at radius 1 is 1.21 bits per heavy atom. The van der Waals surface area contributed by atoms with Gasteiger partial charge in [0.25, 0.3) is 5.56 Å². The molecule has 0 spiro atoms. The van der Waals surface area contributed by atoms with Gasteiger partial charge in [-0.05, 0) is 42.2 Å². The van der Waals surface area contributed by atoms with E-state index in [-0.39, 0.29) is 28.7 Å². The van der Waals surface area contributed by atoms with Crippen LogP contribution >= 0.6 is 0 Å². The Labute approximate surface area is 162 Å². The second-order valence-corrected chi connectivity index (χ2v) is 7.45. The van der Waals surface area contributed by atoms with Gasteiger partial charge in [-0.15, -0.1) is 0 Å². The first-order valence-corrected chi connectivity index (χ1v) is 9.27. The number of nitrogens with zero attached hydrogens (tertiary/aromatic N) is 3. The quantitative estimate of drug-likeness (QED) is 0.807. The molecule has 2 aliphatic heterocycles. The molecule has 2 bridgehead atoms. The van der Waals surface area contributed by atoms with E-state index in [0.29, 0.717) is 26.1 Å². The van der Waals surface area contributed by atoms with Crippen molar-refractivity contribution in [2.45, 2.75) is 25.3 Å². The summed E-state index contributed by atoms with van der Waals surface area (Å²) in [4.78, 5) is 27.2. The van der Waals surface area contributed by atoms with E-state index in [1.165, 1.54) is 6.07 Å². The average Bonchev–Trinajstić information content (AvgIpc) is 2.69. The number of rotatable bonds is 4. The topological polar surface area (TPSA) is 98.1 Å². The highest BCUT2D eigenvalue weighted by Gasteiger charge is 2.36. The number of carbonyl (C=O) groups is 1. The van der Waals surface area contributed by atoms with Crippen LogP contribution in [0.4, 0.5) is 5.69 Å². The summed E-state index contributed by atoms with van der Waals surface area (Å²) in [6, 6.07) is 10.5. The molecule has 28 heavy (non-hydrogen) atoms. The molecule has 4 rings (SSSR count). The number of fused-ring (bicyclic) bond motifs is 4. The fourth-order valence-corrected chi connectivity index (χ4v) is 4.31. The molecule has 0 aliphatic carbocycles. The van der Waals surface area contributed by atoms with Gasteiger partial charge in [-0.25, -0.2) is 0 Å². The van der Waals surface area contributed by atoms with Crippen molar-refractivity contribution in [2.75, 3.05) is 25.4 Å². The Balaban J connectivity index is 1.51. The van der Waals surface area contributed by atoms with Crippen LogP contribution in [0, 0.1) is 11.1 Å². The Bertz CT molecular complexity index is 938. The summed E-state index contributed by atoms with van der Waals surface area (Å²) in [7, 11) is 1.61. The number of aromatic nitrogens is 1. The highest BCUT2D eigenvalue weighted by molar-refractivity contribution is 5.79. The molecule has 1 fully saturated rings. The third-order valence-corrected chi connectivity index (χ3v) is 5.66. The van der Waals surface area contributed by atoms with Crippen molar-refractivity contribution in [3.8, 4) is 5.75 Å². The molecule has 1 N–H and O–H groups in total. The highest BCUT2D eigenvalue weighted by atomic mass is 16.8. The molecule has 8 nitrogen and oxygen atoms in total. The van der Waals surface area contributed by atoms with E-state index < -0.39 is 5.56 Å². The van der Waals surface area contributed by atoms with Crippen LogP contribution in [-0.4, -0.2) is 40.8 Å². The molecule has 2 atom stereocenters. The minimum absolute atomic E-state index is 0.0489. The monoisotopic (exact) mass is 384 g/mol. The molecule has 3 heterocycles. The second-order valence-electron chi connectivity index (χ2n) is 7.45. The van der Waals surface area contributed by atoms with Crippen LogP contribution in [0.5, 0.6) is 5.75 Å². The fraction of sp³-hybridized carbons (Fsp3) is 0.400. The van der Waals surface area contributed by atoms with Crippen LogP contribution in [0.25, 0.3) is 0 Å². The normalized spacial score (nSPS) is 20.5. The summed E-state index contributed by atoms with van der Waals surface area (Å²) in [5, 5.41) is 19.9. The zero-order chi connectivity index (χ0) is 19.8. The van der Waals surface area contributed by atoms with E-state index in [9.17, 15) is 14.8 Å². The van der Waals surface area contributed by atoms with Gasteiger partial charge >= 0.3 is 0 Å². The van der Waals surface area contributed by atoms with E-state index in [0.717, 1.165) is 23.4 Å². The summed E-state index contributed by atoms with van der Waals surface area (Å²) in [6.07, 6.45) is 1.23. The number of benzene rings is 1. The van der Waals surface area contributed by atoms with Crippen molar-refractivity contribution in [3.63, 3.8) is 0 Å². The van der Waals surface area contributed by atoms with E-state index in [1.54, 1.807) is 17.7 Å². The van der Waals surface area contributed by atoms with Crippen LogP contribution in [0.15, 0.2) is 41.2 Å². The van der Waals surface area contributed by atoms with Crippen LogP contribution in [0.3, 0.4) is 0 Å². The predicted octanol–water partition coefficient (Wildman–Crippen LogP) is 1.74. The number of ether oxygens (including phenoxy) is 1. The van der Waals surface area contributed by atoms with Gasteiger partial charge in [-0.2, -0.15) is 0 Å². The average molecular weight is 384 g/mol. The van der Waals surface area contributed by atoms with Crippen LogP contribution in [0.1, 0.15) is 23.6 Å². The van der Waals surface area contributed by atoms with Crippen molar-refractivity contribution in [2.24, 2.45) is 5.92 Å². The lowest BCUT2D eigenvalue weighted by atomic mass is 9.83. The van der Waals surface area contributed by atoms with Crippen molar-refractivity contribution in [1.82, 2.24) is 9.47 Å². The minimum Gasteiger partial charge on any atom is -0.733 e. The number of carbonyl (C=O) groups excluding carboxylic acids is 1. The summed E-state index contributed by atoms with van der Waals surface area (Å²) >= 11 is 0. The third kappa shape index (κ3) is 3.36. The molecular weight excluding hydrogens is 362 g/mol. The Hall–Kier alpha value is -2.84. The number of piperidine rings is 1. The summed E-state index contributed by atoms with van der Waals surface area (Å²) < 4.78 is 6.72. The number of methoxy groups -OCH3 is 1. The third-order valence-electron chi connectivity index (χ3n) is 5.66. The van der Waals surface area contributed by atoms with E-state index in [2.05, 4.69) is 0 Å². The van der Waals surface area contributed by atoms with Crippen molar-refractivity contribution in [3.05, 3.63) is 63.2 Å². The maximum atomic E-state index is 12.8. The highest BCUT2D eigenvalue weighted by Crippen LogP contribution is 2.35. The lowest BCUT2D eigenvalue weighted by Crippen LogP contribution is -2.49. The SMILES string of the molecule is COc1ccc(CC(=O)N2CC3CC(C2)c2ccc(N([O-])O)c(=O)n2C3)cc1. The van der Waals surface area contributed by atoms with Crippen molar-refractivity contribution in [1.29, 1.82) is 0 Å². The van der Waals surface area contributed by atoms with Gasteiger partial charge in [0, 0.05) is 31.2 Å². The number of hydrogen-bond acceptors (Lipinski definition) is 6. The van der Waals surface area contributed by atoms with Crippen molar-refractivity contribution < 1.29 is 14.7 Å². The van der Waals surface area contributed by atoms with Gasteiger partial charge in [0.1, 0.15) is 11.4 Å². The molecule has 1 saturated heterocycles. The lowest BCUT2D eigenvalue weighted by Gasteiger charge is -2.43. The smallest absolute Gasteiger partial charge is 0.275 e. The van der Waals surface area contributed by atoms with Crippen LogP contribution in [-0.2, 0) is 17.8 Å². The zero-order valence-electron chi connectivity index (χ0n) is 15.6. The predicted molar refractivity (Wildman–Crippen MR) is 102 cm³/mol. The van der Waals surface area contributed by atoms with E-state index in [1.807, 2.05) is 29.2 Å². The molecule has 0 saturated carbocycles. The van der Waals surface area contributed by atoms with Gasteiger partial charge in [-0.1, -0.05) is 12.1 Å². The van der Waals surface area contributed by atoms with Crippen LogP contribution in [0.2, 0.25) is 0 Å². The first-order valence-electron chi connectivity index (χ1n) is 9.27. The van der Waals surface area contributed by atoms with E-state index in [4.69, 9.17) is 9.94 Å². The molecule has 1 amide bonds. The van der Waals surface area contributed by atoms with Gasteiger partial charge < -0.3 is 24.6 Å². The lowest BCUT2D eigenvalue weighted by molar-refractivity contribution is -0.133. The second kappa shape index (κ2) is 7.29. The van der Waals surface area contributed by atoms with E-state index >= 15 is 0 Å². The molecule has 2 aliphatic rings. The number of amides is 1. The van der Waals surface area contributed by atoms with Gasteiger partial charge in [0.05, 0.1) is 13.5 Å². The summed E-state index contributed by atoms with van der Waals surface area (Å²) in [6.45, 7) is 1.57. The Morgan fingerprint density at radius 3 is 2.64 bits per heavy atom. The summed E-state index contributed by atoms with van der Waals surface area (Å²) in [5.41, 5.74) is 0.981. The van der Waals surface area contributed by atoms with Crippen molar-refractivity contribution >= 4 is 11.6 Å². The molecule has 0 radical (unpaired) electrons. The molecule has 1 aromatic carbocycles. The first-order chi connectivity index (χ1) is 13.5.